The quantitative estimate of drug-likeness (QED) is 0.825. The number of furan rings is 1. The van der Waals surface area contributed by atoms with Crippen LogP contribution in [0.2, 0.25) is 0 Å². The van der Waals surface area contributed by atoms with Gasteiger partial charge in [0.1, 0.15) is 11.5 Å². The van der Waals surface area contributed by atoms with E-state index in [1.165, 1.54) is 5.56 Å². The van der Waals surface area contributed by atoms with Crippen LogP contribution < -0.4 is 10.1 Å². The molecule has 0 saturated heterocycles. The van der Waals surface area contributed by atoms with E-state index in [1.807, 2.05) is 38.2 Å². The fraction of sp³-hybridized carbons (Fsp3) is 0.375. The smallest absolute Gasteiger partial charge is 0.119 e. The fourth-order valence-electron chi connectivity index (χ4n) is 2.21. The van der Waals surface area contributed by atoms with Crippen LogP contribution in [0.15, 0.2) is 47.1 Å². The second-order valence-electron chi connectivity index (χ2n) is 4.46. The second kappa shape index (κ2) is 7.00. The van der Waals surface area contributed by atoms with Gasteiger partial charge >= 0.3 is 0 Å². The van der Waals surface area contributed by atoms with Crippen LogP contribution in [-0.4, -0.2) is 13.7 Å². The zero-order chi connectivity index (χ0) is 13.5. The van der Waals surface area contributed by atoms with Crippen molar-refractivity contribution < 1.29 is 9.15 Å². The molecule has 0 bridgehead atoms. The normalized spacial score (nSPS) is 12.3. The molecular formula is C16H21NO2. The van der Waals surface area contributed by atoms with Crippen molar-refractivity contribution in [2.24, 2.45) is 0 Å². The van der Waals surface area contributed by atoms with E-state index in [0.29, 0.717) is 12.6 Å². The minimum atomic E-state index is 0.311. The van der Waals surface area contributed by atoms with Gasteiger partial charge in [-0.1, -0.05) is 12.1 Å². The van der Waals surface area contributed by atoms with Crippen LogP contribution in [0.1, 0.15) is 30.7 Å². The van der Waals surface area contributed by atoms with Crippen LogP contribution in [0.5, 0.6) is 5.75 Å². The molecule has 0 aliphatic rings. The molecule has 1 unspecified atom stereocenters. The van der Waals surface area contributed by atoms with E-state index in [0.717, 1.165) is 24.4 Å². The number of hydrogen-bond acceptors (Lipinski definition) is 3. The summed E-state index contributed by atoms with van der Waals surface area (Å²) in [4.78, 5) is 0. The van der Waals surface area contributed by atoms with Crippen LogP contribution in [0.4, 0.5) is 0 Å². The van der Waals surface area contributed by atoms with Crippen LogP contribution in [0.25, 0.3) is 0 Å². The van der Waals surface area contributed by atoms with Crippen molar-refractivity contribution in [3.8, 4) is 5.75 Å². The first-order chi connectivity index (χ1) is 9.33. The topological polar surface area (TPSA) is 34.4 Å². The molecule has 19 heavy (non-hydrogen) atoms. The summed E-state index contributed by atoms with van der Waals surface area (Å²) in [6.45, 7) is 2.69. The Kier molecular flexibility index (Phi) is 5.04. The molecule has 1 atom stereocenters. The predicted molar refractivity (Wildman–Crippen MR) is 76.4 cm³/mol. The summed E-state index contributed by atoms with van der Waals surface area (Å²) in [7, 11) is 1.99. The molecule has 1 aromatic heterocycles. The zero-order valence-electron chi connectivity index (χ0n) is 11.6. The number of aryl methyl sites for hydroxylation is 1. The van der Waals surface area contributed by atoms with Crippen molar-refractivity contribution in [3.63, 3.8) is 0 Å². The third-order valence-electron chi connectivity index (χ3n) is 3.18. The minimum Gasteiger partial charge on any atom is -0.494 e. The Labute approximate surface area is 114 Å². The minimum absolute atomic E-state index is 0.311. The molecule has 3 heteroatoms. The third kappa shape index (κ3) is 3.86. The van der Waals surface area contributed by atoms with Gasteiger partial charge in [-0.05, 0) is 50.2 Å². The number of ether oxygens (including phenoxy) is 1. The predicted octanol–water partition coefficient (Wildman–Crippen LogP) is 3.57. The first kappa shape index (κ1) is 13.7. The van der Waals surface area contributed by atoms with Gasteiger partial charge in [0.2, 0.25) is 0 Å². The van der Waals surface area contributed by atoms with E-state index < -0.39 is 0 Å². The maximum atomic E-state index is 5.55. The van der Waals surface area contributed by atoms with Gasteiger partial charge in [-0.15, -0.1) is 0 Å². The number of rotatable bonds is 7. The Balaban J connectivity index is 2.01. The Hall–Kier alpha value is -1.74. The SMILES string of the molecule is CCOc1cccc(C(CCc2ccco2)NC)c1. The summed E-state index contributed by atoms with van der Waals surface area (Å²) in [5.74, 6) is 1.96. The van der Waals surface area contributed by atoms with Gasteiger partial charge in [0.05, 0.1) is 12.9 Å². The van der Waals surface area contributed by atoms with E-state index >= 15 is 0 Å². The van der Waals surface area contributed by atoms with Crippen LogP contribution in [0.3, 0.4) is 0 Å². The lowest BCUT2D eigenvalue weighted by molar-refractivity contribution is 0.339. The molecule has 1 heterocycles. The summed E-state index contributed by atoms with van der Waals surface area (Å²) in [6, 6.07) is 12.5. The van der Waals surface area contributed by atoms with Crippen LogP contribution in [-0.2, 0) is 6.42 Å². The lowest BCUT2D eigenvalue weighted by atomic mass is 10.0. The van der Waals surface area contributed by atoms with Gasteiger partial charge in [-0.3, -0.25) is 0 Å². The summed E-state index contributed by atoms with van der Waals surface area (Å²) >= 11 is 0. The largest absolute Gasteiger partial charge is 0.494 e. The average molecular weight is 259 g/mol. The Morgan fingerprint density at radius 1 is 1.26 bits per heavy atom. The third-order valence-corrected chi connectivity index (χ3v) is 3.18. The maximum Gasteiger partial charge on any atom is 0.119 e. The Morgan fingerprint density at radius 3 is 2.84 bits per heavy atom. The first-order valence-corrected chi connectivity index (χ1v) is 6.76. The van der Waals surface area contributed by atoms with Gasteiger partial charge in [-0.2, -0.15) is 0 Å². The van der Waals surface area contributed by atoms with Crippen molar-refractivity contribution in [2.45, 2.75) is 25.8 Å². The number of benzene rings is 1. The van der Waals surface area contributed by atoms with Gasteiger partial charge in [0.25, 0.3) is 0 Å². The van der Waals surface area contributed by atoms with Gasteiger partial charge < -0.3 is 14.5 Å². The standard InChI is InChI=1S/C16H21NO2/c1-3-18-15-7-4-6-13(12-15)16(17-2)10-9-14-8-5-11-19-14/h4-8,11-12,16-17H,3,9-10H2,1-2H3. The molecule has 1 N–H and O–H groups in total. The van der Waals surface area contributed by atoms with Gasteiger partial charge in [0.15, 0.2) is 0 Å². The molecule has 0 fully saturated rings. The van der Waals surface area contributed by atoms with E-state index in [2.05, 4.69) is 17.4 Å². The summed E-state index contributed by atoms with van der Waals surface area (Å²) < 4.78 is 10.9. The fourth-order valence-corrected chi connectivity index (χ4v) is 2.21. The highest BCUT2D eigenvalue weighted by Crippen LogP contribution is 2.23. The maximum absolute atomic E-state index is 5.55. The molecule has 0 aliphatic heterocycles. The van der Waals surface area contributed by atoms with Crippen LogP contribution >= 0.6 is 0 Å². The Bertz CT molecular complexity index is 479. The molecule has 1 aromatic carbocycles. The Morgan fingerprint density at radius 2 is 2.16 bits per heavy atom. The molecule has 102 valence electrons. The van der Waals surface area contributed by atoms with E-state index in [-0.39, 0.29) is 0 Å². The van der Waals surface area contributed by atoms with Gasteiger partial charge in [0, 0.05) is 12.5 Å². The van der Waals surface area contributed by atoms with Crippen molar-refractivity contribution >= 4 is 0 Å². The van der Waals surface area contributed by atoms with Gasteiger partial charge in [-0.25, -0.2) is 0 Å². The highest BCUT2D eigenvalue weighted by atomic mass is 16.5. The molecule has 3 nitrogen and oxygen atoms in total. The van der Waals surface area contributed by atoms with E-state index in [4.69, 9.17) is 9.15 Å². The van der Waals surface area contributed by atoms with Crippen molar-refractivity contribution in [1.29, 1.82) is 0 Å². The molecule has 0 saturated carbocycles. The second-order valence-corrected chi connectivity index (χ2v) is 4.46. The van der Waals surface area contributed by atoms with Crippen molar-refractivity contribution in [2.75, 3.05) is 13.7 Å². The van der Waals surface area contributed by atoms with E-state index in [1.54, 1.807) is 6.26 Å². The highest BCUT2D eigenvalue weighted by Gasteiger charge is 2.11. The summed E-state index contributed by atoms with van der Waals surface area (Å²) in [6.07, 6.45) is 3.65. The zero-order valence-corrected chi connectivity index (χ0v) is 11.6. The molecule has 2 aromatic rings. The molecule has 0 aliphatic carbocycles. The number of hydrogen-bond donors (Lipinski definition) is 1. The monoisotopic (exact) mass is 259 g/mol. The lowest BCUT2D eigenvalue weighted by Crippen LogP contribution is -2.17. The van der Waals surface area contributed by atoms with Crippen LogP contribution in [0, 0.1) is 0 Å². The van der Waals surface area contributed by atoms with Crippen molar-refractivity contribution in [3.05, 3.63) is 54.0 Å². The molecular weight excluding hydrogens is 238 g/mol. The molecule has 0 spiro atoms. The average Bonchev–Trinajstić information content (AvgIpc) is 2.94. The molecule has 0 amide bonds. The van der Waals surface area contributed by atoms with Crippen molar-refractivity contribution in [1.82, 2.24) is 5.32 Å². The van der Waals surface area contributed by atoms with E-state index in [9.17, 15) is 0 Å². The summed E-state index contributed by atoms with van der Waals surface area (Å²) in [5, 5.41) is 3.35. The molecule has 2 rings (SSSR count). The number of nitrogens with one attached hydrogen (secondary N) is 1. The first-order valence-electron chi connectivity index (χ1n) is 6.76. The lowest BCUT2D eigenvalue weighted by Gasteiger charge is -2.17. The summed E-state index contributed by atoms with van der Waals surface area (Å²) in [5.41, 5.74) is 1.25. The highest BCUT2D eigenvalue weighted by molar-refractivity contribution is 5.30. The molecule has 0 radical (unpaired) electrons.